The molecule has 1 amide bonds. The third-order valence-electron chi connectivity index (χ3n) is 2.73. The minimum atomic E-state index is 0.119. The normalized spacial score (nSPS) is 14.9. The summed E-state index contributed by atoms with van der Waals surface area (Å²) in [6.45, 7) is 2.23. The van der Waals surface area contributed by atoms with Crippen molar-refractivity contribution in [2.24, 2.45) is 0 Å². The summed E-state index contributed by atoms with van der Waals surface area (Å²) in [5, 5.41) is 1.09. The first-order valence-electron chi connectivity index (χ1n) is 5.29. The number of carbonyl (C=O) groups is 1. The Morgan fingerprint density at radius 3 is 2.56 bits per heavy atom. The fraction of sp³-hybridized carbons (Fsp3) is 0.417. The van der Waals surface area contributed by atoms with Gasteiger partial charge < -0.3 is 4.90 Å². The van der Waals surface area contributed by atoms with Crippen molar-refractivity contribution in [2.45, 2.75) is 32.4 Å². The molecule has 2 nitrogen and oxygen atoms in total. The van der Waals surface area contributed by atoms with Crippen LogP contribution in [-0.4, -0.2) is 16.8 Å². The van der Waals surface area contributed by atoms with Crippen molar-refractivity contribution in [1.82, 2.24) is 4.90 Å². The smallest absolute Gasteiger partial charge is 0.219 e. The molecule has 1 aliphatic carbocycles. The molecule has 0 unspecified atom stereocenters. The van der Waals surface area contributed by atoms with E-state index in [4.69, 9.17) is 23.2 Å². The highest BCUT2D eigenvalue weighted by molar-refractivity contribution is 6.42. The standard InChI is InChI=1S/C12H13Cl2NO/c1-8(16)15(10-3-4-10)7-9-2-5-11(13)12(14)6-9/h2,5-6,10H,3-4,7H2,1H3. The topological polar surface area (TPSA) is 20.3 Å². The number of nitrogens with zero attached hydrogens (tertiary/aromatic N) is 1. The molecule has 1 saturated carbocycles. The molecule has 1 aromatic carbocycles. The molecule has 0 aliphatic heterocycles. The Hall–Kier alpha value is -0.730. The average Bonchev–Trinajstić information content (AvgIpc) is 3.03. The third kappa shape index (κ3) is 2.69. The van der Waals surface area contributed by atoms with Crippen LogP contribution in [0.2, 0.25) is 10.0 Å². The Labute approximate surface area is 105 Å². The summed E-state index contributed by atoms with van der Waals surface area (Å²) >= 11 is 11.8. The largest absolute Gasteiger partial charge is 0.336 e. The number of hydrogen-bond acceptors (Lipinski definition) is 1. The van der Waals surface area contributed by atoms with E-state index in [1.807, 2.05) is 17.0 Å². The second-order valence-electron chi connectivity index (χ2n) is 4.13. The number of hydrogen-bond donors (Lipinski definition) is 0. The van der Waals surface area contributed by atoms with Gasteiger partial charge in [-0.2, -0.15) is 0 Å². The lowest BCUT2D eigenvalue weighted by molar-refractivity contribution is -0.130. The van der Waals surface area contributed by atoms with Crippen molar-refractivity contribution in [3.63, 3.8) is 0 Å². The monoisotopic (exact) mass is 257 g/mol. The molecule has 4 heteroatoms. The van der Waals surface area contributed by atoms with Crippen LogP contribution in [0.15, 0.2) is 18.2 Å². The fourth-order valence-electron chi connectivity index (χ4n) is 1.72. The average molecular weight is 258 g/mol. The highest BCUT2D eigenvalue weighted by atomic mass is 35.5. The van der Waals surface area contributed by atoms with Crippen molar-refractivity contribution in [1.29, 1.82) is 0 Å². The second-order valence-corrected chi connectivity index (χ2v) is 4.94. The van der Waals surface area contributed by atoms with Crippen LogP contribution in [0.3, 0.4) is 0 Å². The Balaban J connectivity index is 2.12. The predicted molar refractivity (Wildman–Crippen MR) is 65.7 cm³/mol. The van der Waals surface area contributed by atoms with E-state index in [0.717, 1.165) is 18.4 Å². The second kappa shape index (κ2) is 4.64. The fourth-order valence-corrected chi connectivity index (χ4v) is 2.04. The number of rotatable bonds is 3. The number of amides is 1. The summed E-state index contributed by atoms with van der Waals surface area (Å²) in [5.74, 6) is 0.119. The molecule has 1 fully saturated rings. The molecule has 1 aromatic rings. The Morgan fingerprint density at radius 1 is 1.38 bits per heavy atom. The molecule has 1 aliphatic rings. The van der Waals surface area contributed by atoms with E-state index in [1.165, 1.54) is 0 Å². The van der Waals surface area contributed by atoms with Gasteiger partial charge >= 0.3 is 0 Å². The summed E-state index contributed by atoms with van der Waals surface area (Å²) in [7, 11) is 0. The minimum absolute atomic E-state index is 0.119. The zero-order valence-corrected chi connectivity index (χ0v) is 10.6. The Morgan fingerprint density at radius 2 is 2.06 bits per heavy atom. The van der Waals surface area contributed by atoms with Crippen LogP contribution >= 0.6 is 23.2 Å². The van der Waals surface area contributed by atoms with Crippen molar-refractivity contribution < 1.29 is 4.79 Å². The number of carbonyl (C=O) groups excluding carboxylic acids is 1. The van der Waals surface area contributed by atoms with Crippen LogP contribution in [-0.2, 0) is 11.3 Å². The van der Waals surface area contributed by atoms with Crippen molar-refractivity contribution in [3.05, 3.63) is 33.8 Å². The molecule has 16 heavy (non-hydrogen) atoms. The highest BCUT2D eigenvalue weighted by Crippen LogP contribution is 2.29. The molecule has 0 spiro atoms. The van der Waals surface area contributed by atoms with Crippen molar-refractivity contribution in [2.75, 3.05) is 0 Å². The first-order chi connectivity index (χ1) is 7.58. The van der Waals surface area contributed by atoms with Gasteiger partial charge in [-0.05, 0) is 30.5 Å². The third-order valence-corrected chi connectivity index (χ3v) is 3.47. The molecular formula is C12H13Cl2NO. The van der Waals surface area contributed by atoms with Gasteiger partial charge in [-0.15, -0.1) is 0 Å². The van der Waals surface area contributed by atoms with Crippen LogP contribution in [0.25, 0.3) is 0 Å². The van der Waals surface area contributed by atoms with Crippen molar-refractivity contribution >= 4 is 29.1 Å². The van der Waals surface area contributed by atoms with E-state index in [-0.39, 0.29) is 5.91 Å². The van der Waals surface area contributed by atoms with Crippen LogP contribution in [0.4, 0.5) is 0 Å². The maximum absolute atomic E-state index is 11.4. The Kier molecular flexibility index (Phi) is 3.41. The van der Waals surface area contributed by atoms with E-state index in [0.29, 0.717) is 22.6 Å². The molecule has 0 atom stereocenters. The van der Waals surface area contributed by atoms with E-state index in [2.05, 4.69) is 0 Å². The lowest BCUT2D eigenvalue weighted by Gasteiger charge is -2.20. The molecule has 0 aromatic heterocycles. The van der Waals surface area contributed by atoms with E-state index in [9.17, 15) is 4.79 Å². The maximum Gasteiger partial charge on any atom is 0.219 e. The summed E-state index contributed by atoms with van der Waals surface area (Å²) in [6, 6.07) is 5.92. The van der Waals surface area contributed by atoms with Crippen molar-refractivity contribution in [3.8, 4) is 0 Å². The van der Waals surface area contributed by atoms with Gasteiger partial charge in [0.15, 0.2) is 0 Å². The lowest BCUT2D eigenvalue weighted by atomic mass is 10.2. The molecule has 86 valence electrons. The van der Waals surface area contributed by atoms with E-state index >= 15 is 0 Å². The van der Waals surface area contributed by atoms with Crippen LogP contribution in [0.1, 0.15) is 25.3 Å². The first kappa shape index (κ1) is 11.7. The number of halogens is 2. The summed E-state index contributed by atoms with van der Waals surface area (Å²) < 4.78 is 0. The van der Waals surface area contributed by atoms with Crippen LogP contribution in [0, 0.1) is 0 Å². The van der Waals surface area contributed by atoms with E-state index < -0.39 is 0 Å². The van der Waals surface area contributed by atoms with Gasteiger partial charge in [-0.25, -0.2) is 0 Å². The van der Waals surface area contributed by atoms with Gasteiger partial charge in [0.2, 0.25) is 5.91 Å². The quantitative estimate of drug-likeness (QED) is 0.812. The molecule has 0 N–H and O–H groups in total. The van der Waals surface area contributed by atoms with Gasteiger partial charge in [0, 0.05) is 19.5 Å². The molecule has 0 radical (unpaired) electrons. The first-order valence-corrected chi connectivity index (χ1v) is 6.04. The van der Waals surface area contributed by atoms with Gasteiger partial charge in [0.05, 0.1) is 10.0 Å². The molecule has 0 bridgehead atoms. The zero-order valence-electron chi connectivity index (χ0n) is 9.04. The molecule has 0 saturated heterocycles. The minimum Gasteiger partial charge on any atom is -0.336 e. The SMILES string of the molecule is CC(=O)N(Cc1ccc(Cl)c(Cl)c1)C1CC1. The predicted octanol–water partition coefficient (Wildman–Crippen LogP) is 3.50. The number of benzene rings is 1. The molecule has 2 rings (SSSR count). The summed E-state index contributed by atoms with van der Waals surface area (Å²) in [6.07, 6.45) is 2.22. The molecular weight excluding hydrogens is 245 g/mol. The Bertz CT molecular complexity index is 415. The highest BCUT2D eigenvalue weighted by Gasteiger charge is 2.30. The summed E-state index contributed by atoms with van der Waals surface area (Å²) in [5.41, 5.74) is 1.02. The zero-order chi connectivity index (χ0) is 11.7. The van der Waals surface area contributed by atoms with Crippen LogP contribution < -0.4 is 0 Å². The van der Waals surface area contributed by atoms with E-state index in [1.54, 1.807) is 13.0 Å². The van der Waals surface area contributed by atoms with Gasteiger partial charge in [0.25, 0.3) is 0 Å². The summed E-state index contributed by atoms with van der Waals surface area (Å²) in [4.78, 5) is 13.3. The van der Waals surface area contributed by atoms with Gasteiger partial charge in [-0.3, -0.25) is 4.79 Å². The maximum atomic E-state index is 11.4. The lowest BCUT2D eigenvalue weighted by Crippen LogP contribution is -2.30. The molecule has 0 heterocycles. The van der Waals surface area contributed by atoms with Gasteiger partial charge in [-0.1, -0.05) is 29.3 Å². The van der Waals surface area contributed by atoms with Gasteiger partial charge in [0.1, 0.15) is 0 Å². The van der Waals surface area contributed by atoms with Crippen LogP contribution in [0.5, 0.6) is 0 Å².